The maximum absolute atomic E-state index is 13.9. The van der Waals surface area contributed by atoms with E-state index in [1.54, 1.807) is 25.2 Å². The first-order chi connectivity index (χ1) is 17.1. The lowest BCUT2D eigenvalue weighted by Crippen LogP contribution is -2.60. The van der Waals surface area contributed by atoms with Crippen molar-refractivity contribution in [2.45, 2.75) is 57.0 Å². The van der Waals surface area contributed by atoms with Gasteiger partial charge < -0.3 is 19.3 Å². The third-order valence-electron chi connectivity index (χ3n) is 9.09. The summed E-state index contributed by atoms with van der Waals surface area (Å²) < 4.78 is 10.8. The van der Waals surface area contributed by atoms with Gasteiger partial charge in [-0.25, -0.2) is 0 Å². The Balaban J connectivity index is 1.22. The van der Waals surface area contributed by atoms with E-state index in [1.807, 2.05) is 12.1 Å². The van der Waals surface area contributed by atoms with Gasteiger partial charge in [0.25, 0.3) is 0 Å². The standard InChI is InChI=1S/C28H37N3O4/c1-34-22-8-9-24(25(15-22)35-2)31-17-21(14-26(31)32)28(33)30-11-5-6-18-12-19-13-20(27(18)30)16-29-10-4-3-7-23(19)29/h8-9,12,15,19-21,23,27H,3-7,10-11,13-14,16-17H2,1-2H3/t19-,20-,21?,23?,27?/m0/s1. The van der Waals surface area contributed by atoms with Gasteiger partial charge >= 0.3 is 0 Å². The van der Waals surface area contributed by atoms with Crippen LogP contribution in [0.4, 0.5) is 5.69 Å². The van der Waals surface area contributed by atoms with Gasteiger partial charge in [0.05, 0.1) is 31.9 Å². The molecular formula is C28H37N3O4. The molecule has 5 aliphatic rings. The van der Waals surface area contributed by atoms with Crippen molar-refractivity contribution in [1.29, 1.82) is 0 Å². The van der Waals surface area contributed by atoms with Crippen molar-refractivity contribution in [2.24, 2.45) is 17.8 Å². The van der Waals surface area contributed by atoms with Gasteiger partial charge in [-0.2, -0.15) is 0 Å². The molecule has 5 atom stereocenters. The smallest absolute Gasteiger partial charge is 0.228 e. The molecule has 1 aliphatic carbocycles. The van der Waals surface area contributed by atoms with E-state index in [4.69, 9.17) is 9.47 Å². The molecule has 4 saturated heterocycles. The zero-order chi connectivity index (χ0) is 24.1. The van der Waals surface area contributed by atoms with E-state index in [9.17, 15) is 9.59 Å². The number of hydrogen-bond acceptors (Lipinski definition) is 5. The maximum atomic E-state index is 13.9. The van der Waals surface area contributed by atoms with Crippen molar-refractivity contribution in [2.75, 3.05) is 45.3 Å². The zero-order valence-corrected chi connectivity index (χ0v) is 20.9. The van der Waals surface area contributed by atoms with Gasteiger partial charge in [-0.05, 0) is 62.6 Å². The van der Waals surface area contributed by atoms with Gasteiger partial charge in [-0.15, -0.1) is 0 Å². The molecule has 4 fully saturated rings. The van der Waals surface area contributed by atoms with Crippen LogP contribution < -0.4 is 14.4 Å². The highest BCUT2D eigenvalue weighted by Crippen LogP contribution is 2.46. The molecule has 6 rings (SSSR count). The number of amides is 2. The molecular weight excluding hydrogens is 442 g/mol. The van der Waals surface area contributed by atoms with Gasteiger partial charge in [-0.1, -0.05) is 18.1 Å². The van der Waals surface area contributed by atoms with Crippen molar-refractivity contribution in [1.82, 2.24) is 9.80 Å². The lowest BCUT2D eigenvalue weighted by Gasteiger charge is -2.55. The van der Waals surface area contributed by atoms with Crippen LogP contribution in [0.15, 0.2) is 29.8 Å². The van der Waals surface area contributed by atoms with Crippen LogP contribution in [0.1, 0.15) is 44.9 Å². The van der Waals surface area contributed by atoms with Crippen LogP contribution in [0, 0.1) is 17.8 Å². The third-order valence-corrected chi connectivity index (χ3v) is 9.09. The van der Waals surface area contributed by atoms with Crippen molar-refractivity contribution in [3.8, 4) is 11.5 Å². The lowest BCUT2D eigenvalue weighted by atomic mass is 9.68. The average molecular weight is 480 g/mol. The van der Waals surface area contributed by atoms with Gasteiger partial charge in [0.2, 0.25) is 11.8 Å². The average Bonchev–Trinajstić information content (AvgIpc) is 3.28. The maximum Gasteiger partial charge on any atom is 0.228 e. The minimum absolute atomic E-state index is 0.0166. The van der Waals surface area contributed by atoms with Gasteiger partial charge in [0.15, 0.2) is 0 Å². The first-order valence-electron chi connectivity index (χ1n) is 13.3. The number of anilines is 1. The molecule has 35 heavy (non-hydrogen) atoms. The predicted molar refractivity (Wildman–Crippen MR) is 134 cm³/mol. The van der Waals surface area contributed by atoms with Crippen LogP contribution in [-0.4, -0.2) is 74.1 Å². The summed E-state index contributed by atoms with van der Waals surface area (Å²) in [6.07, 6.45) is 10.1. The number of carbonyl (C=O) groups excluding carboxylic acids is 2. The number of ether oxygens (including phenoxy) is 2. The topological polar surface area (TPSA) is 62.3 Å². The fourth-order valence-electron chi connectivity index (χ4n) is 7.57. The number of methoxy groups -OCH3 is 2. The molecule has 0 N–H and O–H groups in total. The van der Waals surface area contributed by atoms with Crippen LogP contribution in [0.25, 0.3) is 0 Å². The van der Waals surface area contributed by atoms with Gasteiger partial charge in [-0.3, -0.25) is 14.5 Å². The van der Waals surface area contributed by atoms with Crippen LogP contribution in [0.2, 0.25) is 0 Å². The van der Waals surface area contributed by atoms with Crippen molar-refractivity contribution < 1.29 is 19.1 Å². The predicted octanol–water partition coefficient (Wildman–Crippen LogP) is 3.48. The summed E-state index contributed by atoms with van der Waals surface area (Å²) in [5.41, 5.74) is 2.20. The fourth-order valence-corrected chi connectivity index (χ4v) is 7.57. The number of hydrogen-bond donors (Lipinski definition) is 0. The Morgan fingerprint density at radius 2 is 1.94 bits per heavy atom. The molecule has 3 unspecified atom stereocenters. The molecule has 0 radical (unpaired) electrons. The molecule has 0 saturated carbocycles. The summed E-state index contributed by atoms with van der Waals surface area (Å²) in [5, 5.41) is 0. The molecule has 0 aromatic heterocycles. The SMILES string of the molecule is COc1ccc(N2CC(C(=O)N3CCCC4=C[C@H]5C[C@@H](CN6CCCCC56)C43)CC2=O)c(OC)c1. The van der Waals surface area contributed by atoms with E-state index in [0.717, 1.165) is 25.9 Å². The summed E-state index contributed by atoms with van der Waals surface area (Å²) in [6, 6.07) is 6.39. The van der Waals surface area contributed by atoms with Gasteiger partial charge in [0.1, 0.15) is 11.5 Å². The van der Waals surface area contributed by atoms with Gasteiger partial charge in [0, 0.05) is 38.2 Å². The van der Waals surface area contributed by atoms with E-state index >= 15 is 0 Å². The summed E-state index contributed by atoms with van der Waals surface area (Å²) in [6.45, 7) is 3.54. The molecule has 7 heteroatoms. The highest BCUT2D eigenvalue weighted by molar-refractivity contribution is 6.01. The highest BCUT2D eigenvalue weighted by atomic mass is 16.5. The Hall–Kier alpha value is -2.54. The van der Waals surface area contributed by atoms with E-state index in [0.29, 0.717) is 41.6 Å². The number of nitrogens with zero attached hydrogens (tertiary/aromatic N) is 3. The molecule has 188 valence electrons. The number of piperidine rings is 3. The Labute approximate surface area is 208 Å². The molecule has 1 aromatic rings. The summed E-state index contributed by atoms with van der Waals surface area (Å²) >= 11 is 0. The number of benzene rings is 1. The molecule has 1 aromatic carbocycles. The first-order valence-corrected chi connectivity index (χ1v) is 13.3. The quantitative estimate of drug-likeness (QED) is 0.619. The molecule has 7 nitrogen and oxygen atoms in total. The summed E-state index contributed by atoms with van der Waals surface area (Å²) in [4.78, 5) is 33.6. The Kier molecular flexibility index (Phi) is 5.99. The van der Waals surface area contributed by atoms with Crippen LogP contribution >= 0.6 is 0 Å². The molecule has 4 aliphatic heterocycles. The summed E-state index contributed by atoms with van der Waals surface area (Å²) in [7, 11) is 3.20. The second-order valence-electron chi connectivity index (χ2n) is 11.0. The second-order valence-corrected chi connectivity index (χ2v) is 11.0. The van der Waals surface area contributed by atoms with Crippen molar-refractivity contribution >= 4 is 17.5 Å². The number of rotatable bonds is 4. The van der Waals surface area contributed by atoms with E-state index in [-0.39, 0.29) is 30.2 Å². The van der Waals surface area contributed by atoms with Crippen molar-refractivity contribution in [3.63, 3.8) is 0 Å². The summed E-state index contributed by atoms with van der Waals surface area (Å²) in [5.74, 6) is 2.27. The molecule has 2 bridgehead atoms. The lowest BCUT2D eigenvalue weighted by molar-refractivity contribution is -0.140. The Morgan fingerprint density at radius 3 is 2.77 bits per heavy atom. The molecule has 0 spiro atoms. The fraction of sp³-hybridized carbons (Fsp3) is 0.643. The van der Waals surface area contributed by atoms with E-state index < -0.39 is 0 Å². The van der Waals surface area contributed by atoms with Crippen LogP contribution in [0.5, 0.6) is 11.5 Å². The van der Waals surface area contributed by atoms with Crippen molar-refractivity contribution in [3.05, 3.63) is 29.8 Å². The number of fused-ring (bicyclic) bond motifs is 6. The third kappa shape index (κ3) is 3.92. The molecule has 4 heterocycles. The second kappa shape index (κ2) is 9.16. The van der Waals surface area contributed by atoms with E-state index in [1.165, 1.54) is 37.8 Å². The first kappa shape index (κ1) is 22.9. The normalized spacial score (nSPS) is 32.6. The minimum Gasteiger partial charge on any atom is -0.497 e. The Morgan fingerprint density at radius 1 is 1.06 bits per heavy atom. The largest absolute Gasteiger partial charge is 0.497 e. The number of carbonyl (C=O) groups is 2. The highest BCUT2D eigenvalue weighted by Gasteiger charge is 2.48. The van der Waals surface area contributed by atoms with E-state index in [2.05, 4.69) is 15.9 Å². The Bertz CT molecular complexity index is 1040. The minimum atomic E-state index is -0.308. The van der Waals surface area contributed by atoms with Crippen LogP contribution in [-0.2, 0) is 9.59 Å². The molecule has 2 amide bonds. The number of likely N-dealkylation sites (tertiary alicyclic amines) is 1. The zero-order valence-electron chi connectivity index (χ0n) is 20.9. The van der Waals surface area contributed by atoms with Crippen LogP contribution in [0.3, 0.4) is 0 Å². The monoisotopic (exact) mass is 479 g/mol.